The van der Waals surface area contributed by atoms with E-state index in [9.17, 15) is 32.8 Å². The first-order valence-corrected chi connectivity index (χ1v) is 21.5. The lowest BCUT2D eigenvalue weighted by atomic mass is 9.57. The van der Waals surface area contributed by atoms with Crippen LogP contribution < -0.4 is 20.7 Å². The number of anilines is 2. The van der Waals surface area contributed by atoms with Crippen molar-refractivity contribution in [3.8, 4) is 5.75 Å². The number of amides is 5. The van der Waals surface area contributed by atoms with E-state index < -0.39 is 47.2 Å². The van der Waals surface area contributed by atoms with Crippen molar-refractivity contribution in [2.24, 2.45) is 17.3 Å². The first kappa shape index (κ1) is 40.1. The molecule has 1 atom stereocenters. The van der Waals surface area contributed by atoms with Crippen LogP contribution in [-0.2, 0) is 15.5 Å². The van der Waals surface area contributed by atoms with Gasteiger partial charge in [-0.2, -0.15) is 8.78 Å². The lowest BCUT2D eigenvalue weighted by Gasteiger charge is -2.60. The Bertz CT molecular complexity index is 2400. The van der Waals surface area contributed by atoms with Gasteiger partial charge in [0.25, 0.3) is 23.6 Å². The molecule has 5 amide bonds. The zero-order valence-electron chi connectivity index (χ0n) is 33.5. The quantitative estimate of drug-likeness (QED) is 0.127. The van der Waals surface area contributed by atoms with Gasteiger partial charge >= 0.3 is 0 Å². The van der Waals surface area contributed by atoms with E-state index in [1.54, 1.807) is 29.5 Å². The van der Waals surface area contributed by atoms with E-state index in [0.717, 1.165) is 78.8 Å². The number of pyridine rings is 1. The maximum atomic E-state index is 13.8. The number of methoxy groups -OCH3 is 1. The Kier molecular flexibility index (Phi) is 10.4. The third kappa shape index (κ3) is 7.63. The normalized spacial score (nSPS) is 23.0. The van der Waals surface area contributed by atoms with E-state index in [-0.39, 0.29) is 24.1 Å². The number of ether oxygens (including phenoxy) is 1. The number of carbonyl (C=O) groups excluding carboxylic acids is 5. The standard InChI is InChI=1S/C44H47F2N7O6S/c1-43(45,46)35-8-4-7-29(48-35)38(55)49-30-18-34-31(17-33(30)59-2)50-40(60-34)26-11-9-24(10-12-26)21-52-22-44(23-52)19-25(20-44)15-16-47-28-6-3-5-27-37(28)42(58)53(41(27)57)32-13-14-36(54)51-39(32)56/h3-8,17-18,24-26,32,47H,9-16,19-23H2,1-2H3,(H,49,55)(H,51,54,56)/t24-,26-,32?. The molecule has 3 aliphatic heterocycles. The van der Waals surface area contributed by atoms with Gasteiger partial charge in [0.05, 0.1) is 39.1 Å². The number of hydrogen-bond donors (Lipinski definition) is 3. The number of imide groups is 2. The number of nitrogens with zero attached hydrogens (tertiary/aromatic N) is 4. The van der Waals surface area contributed by atoms with Crippen molar-refractivity contribution < 1.29 is 37.5 Å². The highest BCUT2D eigenvalue weighted by Crippen LogP contribution is 2.53. The monoisotopic (exact) mass is 839 g/mol. The summed E-state index contributed by atoms with van der Waals surface area (Å²) in [6.45, 7) is 4.83. The van der Waals surface area contributed by atoms with Crippen molar-refractivity contribution >= 4 is 62.5 Å². The van der Waals surface area contributed by atoms with Gasteiger partial charge in [0.15, 0.2) is 0 Å². The maximum absolute atomic E-state index is 13.8. The molecular formula is C44H47F2N7O6S. The van der Waals surface area contributed by atoms with Crippen LogP contribution >= 0.6 is 11.3 Å². The molecule has 4 aromatic rings. The number of halogens is 2. The average molecular weight is 840 g/mol. The number of rotatable bonds is 12. The molecule has 9 rings (SSSR count). The molecule has 2 aromatic heterocycles. The Morgan fingerprint density at radius 3 is 2.47 bits per heavy atom. The highest BCUT2D eigenvalue weighted by Gasteiger charge is 2.52. The molecule has 2 saturated heterocycles. The molecule has 0 bridgehead atoms. The predicted octanol–water partition coefficient (Wildman–Crippen LogP) is 6.95. The van der Waals surface area contributed by atoms with E-state index >= 15 is 0 Å². The molecule has 2 saturated carbocycles. The zero-order valence-corrected chi connectivity index (χ0v) is 34.3. The molecule has 1 unspecified atom stereocenters. The van der Waals surface area contributed by atoms with Crippen LogP contribution in [0.5, 0.6) is 5.75 Å². The number of alkyl halides is 2. The van der Waals surface area contributed by atoms with E-state index in [0.29, 0.717) is 52.4 Å². The average Bonchev–Trinajstić information content (AvgIpc) is 3.73. The molecule has 2 aliphatic carbocycles. The number of benzene rings is 2. The zero-order chi connectivity index (χ0) is 41.9. The summed E-state index contributed by atoms with van der Waals surface area (Å²) in [7, 11) is 1.51. The second-order valence-corrected chi connectivity index (χ2v) is 18.4. The van der Waals surface area contributed by atoms with Gasteiger partial charge in [-0.3, -0.25) is 34.2 Å². The smallest absolute Gasteiger partial charge is 0.287 e. The van der Waals surface area contributed by atoms with E-state index in [2.05, 4.69) is 25.8 Å². The Hall–Kier alpha value is -5.35. The SMILES string of the molecule is COc1cc2nc([C@H]3CC[C@H](CN4CC5(CC(CCNc6cccc7c6C(=O)N(C6CCC(=O)NC6=O)C7=O)C5)C4)CC3)sc2cc1NC(=O)c1cccc(C(C)(F)F)n1. The first-order chi connectivity index (χ1) is 28.8. The van der Waals surface area contributed by atoms with Crippen molar-refractivity contribution in [3.63, 3.8) is 0 Å². The van der Waals surface area contributed by atoms with Gasteiger partial charge in [0.2, 0.25) is 11.8 Å². The molecule has 60 heavy (non-hydrogen) atoms. The van der Waals surface area contributed by atoms with Gasteiger partial charge in [0.1, 0.15) is 23.2 Å². The summed E-state index contributed by atoms with van der Waals surface area (Å²) < 4.78 is 34.2. The fraction of sp³-hybridized carbons (Fsp3) is 0.477. The fourth-order valence-corrected chi connectivity index (χ4v) is 11.3. The van der Waals surface area contributed by atoms with E-state index in [1.165, 1.54) is 38.2 Å². The molecule has 314 valence electrons. The Labute approximate surface area is 349 Å². The molecule has 0 radical (unpaired) electrons. The van der Waals surface area contributed by atoms with Crippen LogP contribution in [-0.4, -0.2) is 88.6 Å². The summed E-state index contributed by atoms with van der Waals surface area (Å²) >= 11 is 1.62. The largest absolute Gasteiger partial charge is 0.494 e. The number of piperidine rings is 1. The minimum atomic E-state index is -3.16. The molecule has 3 N–H and O–H groups in total. The van der Waals surface area contributed by atoms with Crippen LogP contribution in [0.3, 0.4) is 0 Å². The number of aromatic nitrogens is 2. The topological polar surface area (TPSA) is 163 Å². The number of fused-ring (bicyclic) bond motifs is 2. The number of nitrogens with one attached hydrogen (secondary N) is 3. The molecule has 5 heterocycles. The molecule has 13 nitrogen and oxygen atoms in total. The molecule has 4 fully saturated rings. The lowest BCUT2D eigenvalue weighted by Crippen LogP contribution is -2.63. The molecule has 5 aliphatic rings. The maximum Gasteiger partial charge on any atom is 0.287 e. The van der Waals surface area contributed by atoms with E-state index in [4.69, 9.17) is 9.72 Å². The summed E-state index contributed by atoms with van der Waals surface area (Å²) in [5, 5.41) is 9.51. The second kappa shape index (κ2) is 15.6. The summed E-state index contributed by atoms with van der Waals surface area (Å²) in [6.07, 6.45) is 8.01. The van der Waals surface area contributed by atoms with Crippen molar-refractivity contribution in [1.29, 1.82) is 0 Å². The Morgan fingerprint density at radius 1 is 0.967 bits per heavy atom. The third-order valence-electron chi connectivity index (χ3n) is 13.0. The van der Waals surface area contributed by atoms with Crippen molar-refractivity contribution in [3.05, 3.63) is 76.1 Å². The highest BCUT2D eigenvalue weighted by molar-refractivity contribution is 7.18. The number of likely N-dealkylation sites (tertiary alicyclic amines) is 1. The van der Waals surface area contributed by atoms with Crippen LogP contribution in [0.15, 0.2) is 48.5 Å². The Morgan fingerprint density at radius 2 is 1.73 bits per heavy atom. The van der Waals surface area contributed by atoms with Crippen molar-refractivity contribution in [2.45, 2.75) is 82.6 Å². The number of thiazole rings is 1. The van der Waals surface area contributed by atoms with Gasteiger partial charge in [-0.15, -0.1) is 11.3 Å². The van der Waals surface area contributed by atoms with Gasteiger partial charge in [-0.1, -0.05) is 12.1 Å². The molecule has 1 spiro atoms. The van der Waals surface area contributed by atoms with Gasteiger partial charge in [-0.05, 0) is 98.9 Å². The highest BCUT2D eigenvalue weighted by atomic mass is 32.1. The third-order valence-corrected chi connectivity index (χ3v) is 14.2. The number of carbonyl (C=O) groups is 5. The van der Waals surface area contributed by atoms with Crippen LogP contribution in [0, 0.1) is 17.3 Å². The molecule has 16 heteroatoms. The summed E-state index contributed by atoms with van der Waals surface area (Å²) in [6, 6.07) is 11.8. The molecular weight excluding hydrogens is 793 g/mol. The van der Waals surface area contributed by atoms with Crippen molar-refractivity contribution in [1.82, 2.24) is 25.1 Å². The first-order valence-electron chi connectivity index (χ1n) is 20.7. The Balaban J connectivity index is 0.719. The predicted molar refractivity (Wildman–Crippen MR) is 220 cm³/mol. The summed E-state index contributed by atoms with van der Waals surface area (Å²) in [5.74, 6) is -3.71. The van der Waals surface area contributed by atoms with Crippen LogP contribution in [0.25, 0.3) is 10.2 Å². The van der Waals surface area contributed by atoms with Gasteiger partial charge < -0.3 is 20.3 Å². The minimum absolute atomic E-state index is 0.0854. The van der Waals surface area contributed by atoms with Gasteiger partial charge in [0, 0.05) is 57.2 Å². The van der Waals surface area contributed by atoms with Gasteiger partial charge in [-0.25, -0.2) is 9.97 Å². The number of hydrogen-bond acceptors (Lipinski definition) is 11. The lowest BCUT2D eigenvalue weighted by molar-refractivity contribution is -0.136. The van der Waals surface area contributed by atoms with Crippen LogP contribution in [0.2, 0.25) is 0 Å². The second-order valence-electron chi connectivity index (χ2n) is 17.4. The fourth-order valence-electron chi connectivity index (χ4n) is 10.1. The van der Waals surface area contributed by atoms with Crippen LogP contribution in [0.1, 0.15) is 113 Å². The van der Waals surface area contributed by atoms with Crippen molar-refractivity contribution in [2.75, 3.05) is 43.9 Å². The minimum Gasteiger partial charge on any atom is -0.494 e. The van der Waals surface area contributed by atoms with E-state index in [1.807, 2.05) is 12.1 Å². The molecule has 2 aromatic carbocycles. The summed E-state index contributed by atoms with van der Waals surface area (Å²) in [5.41, 5.74) is 2.24. The summed E-state index contributed by atoms with van der Waals surface area (Å²) in [4.78, 5) is 76.2. The van der Waals surface area contributed by atoms with Crippen LogP contribution in [0.4, 0.5) is 20.2 Å².